The molecule has 1 aromatic heterocycles. The molecule has 0 bridgehead atoms. The van der Waals surface area contributed by atoms with Gasteiger partial charge in [0.1, 0.15) is 5.56 Å². The number of carbonyl (C=O) groups is 1. The molecule has 0 atom stereocenters. The van der Waals surface area contributed by atoms with E-state index in [1.54, 1.807) is 10.9 Å². The van der Waals surface area contributed by atoms with Gasteiger partial charge in [0.2, 0.25) is 0 Å². The van der Waals surface area contributed by atoms with Gasteiger partial charge in [0.15, 0.2) is 5.82 Å². The second kappa shape index (κ2) is 10.7. The fraction of sp³-hybridized carbons (Fsp3) is 0.233. The van der Waals surface area contributed by atoms with E-state index in [0.29, 0.717) is 17.8 Å². The second-order valence-electron chi connectivity index (χ2n) is 9.59. The van der Waals surface area contributed by atoms with Crippen LogP contribution in [0.2, 0.25) is 0 Å². The maximum Gasteiger partial charge on any atom is 0.254 e. The molecule has 0 unspecified atom stereocenters. The minimum Gasteiger partial charge on any atom is -0.365 e. The van der Waals surface area contributed by atoms with Gasteiger partial charge >= 0.3 is 0 Å². The summed E-state index contributed by atoms with van der Waals surface area (Å²) in [7, 11) is 0. The number of primary amides is 1. The third-order valence-corrected chi connectivity index (χ3v) is 7.16. The van der Waals surface area contributed by atoms with Crippen LogP contribution >= 0.6 is 0 Å². The van der Waals surface area contributed by atoms with Crippen molar-refractivity contribution < 1.29 is 4.79 Å². The van der Waals surface area contributed by atoms with E-state index in [1.807, 2.05) is 36.4 Å². The predicted octanol–water partition coefficient (Wildman–Crippen LogP) is 5.30. The smallest absolute Gasteiger partial charge is 0.254 e. The number of nitrogens with zero attached hydrogens (tertiary/aromatic N) is 4. The number of benzene rings is 3. The van der Waals surface area contributed by atoms with Gasteiger partial charge in [-0.1, -0.05) is 72.8 Å². The molecule has 3 aromatic carbocycles. The normalized spacial score (nSPS) is 15.1. The molecule has 2 heterocycles. The Bertz CT molecular complexity index is 1380. The van der Waals surface area contributed by atoms with Crippen LogP contribution in [-0.2, 0) is 12.1 Å². The summed E-state index contributed by atoms with van der Waals surface area (Å²) in [6.07, 6.45) is 3.53. The molecule has 186 valence electrons. The summed E-state index contributed by atoms with van der Waals surface area (Å²) in [4.78, 5) is 14.6. The number of nitrogens with two attached hydrogens (primary N) is 1. The molecule has 4 aromatic rings. The molecule has 1 fully saturated rings. The number of hydrogen-bond donors (Lipinski definition) is 2. The highest BCUT2D eigenvalue weighted by molar-refractivity contribution is 5.98. The lowest BCUT2D eigenvalue weighted by atomic mass is 9.84. The van der Waals surface area contributed by atoms with Crippen molar-refractivity contribution >= 4 is 17.4 Å². The molecule has 1 saturated heterocycles. The highest BCUT2D eigenvalue weighted by Crippen LogP contribution is 2.35. The zero-order chi connectivity index (χ0) is 25.7. The fourth-order valence-electron chi connectivity index (χ4n) is 5.00. The molecule has 1 amide bonds. The number of hydrogen-bond acceptors (Lipinski definition) is 5. The molecular formula is C30H30N6O. The minimum atomic E-state index is -0.548. The first-order valence-corrected chi connectivity index (χ1v) is 12.5. The van der Waals surface area contributed by atoms with E-state index in [2.05, 4.69) is 64.8 Å². The van der Waals surface area contributed by atoms with Gasteiger partial charge in [0, 0.05) is 31.5 Å². The standard InChI is InChI=1S/C30H30N6O/c31-18-15-30(36-22-27(28(32)37)29(34-36)33-26-9-5-2-6-10-26)16-19-35(20-17-30)21-23-11-13-25(14-12-23)24-7-3-1-4-8-24/h1-14,22H,15-17,19-21H2,(H2,32,37)(H,33,34). The van der Waals surface area contributed by atoms with Crippen LogP contribution in [0.25, 0.3) is 11.1 Å². The van der Waals surface area contributed by atoms with Gasteiger partial charge in [-0.25, -0.2) is 0 Å². The average Bonchev–Trinajstić information content (AvgIpc) is 3.36. The van der Waals surface area contributed by atoms with E-state index in [1.165, 1.54) is 16.7 Å². The molecule has 0 spiro atoms. The number of nitrogens with one attached hydrogen (secondary N) is 1. The van der Waals surface area contributed by atoms with Gasteiger partial charge in [0.05, 0.1) is 18.0 Å². The van der Waals surface area contributed by atoms with Crippen molar-refractivity contribution in [2.75, 3.05) is 18.4 Å². The van der Waals surface area contributed by atoms with Crippen molar-refractivity contribution in [2.45, 2.75) is 31.3 Å². The number of likely N-dealkylation sites (tertiary alicyclic amines) is 1. The number of amides is 1. The summed E-state index contributed by atoms with van der Waals surface area (Å²) < 4.78 is 1.80. The largest absolute Gasteiger partial charge is 0.365 e. The van der Waals surface area contributed by atoms with Crippen LogP contribution in [0.3, 0.4) is 0 Å². The van der Waals surface area contributed by atoms with Gasteiger partial charge in [-0.05, 0) is 41.7 Å². The predicted molar refractivity (Wildman–Crippen MR) is 145 cm³/mol. The van der Waals surface area contributed by atoms with Crippen LogP contribution < -0.4 is 11.1 Å². The van der Waals surface area contributed by atoms with Crippen molar-refractivity contribution in [1.29, 1.82) is 5.26 Å². The first-order chi connectivity index (χ1) is 18.1. The van der Waals surface area contributed by atoms with Crippen LogP contribution in [0.4, 0.5) is 11.5 Å². The number of carbonyl (C=O) groups excluding carboxylic acids is 1. The van der Waals surface area contributed by atoms with Gasteiger partial charge in [-0.2, -0.15) is 10.4 Å². The molecule has 1 aliphatic rings. The van der Waals surface area contributed by atoms with E-state index >= 15 is 0 Å². The zero-order valence-electron chi connectivity index (χ0n) is 20.7. The lowest BCUT2D eigenvalue weighted by Gasteiger charge is -2.40. The van der Waals surface area contributed by atoms with Crippen LogP contribution in [0.15, 0.2) is 91.1 Å². The summed E-state index contributed by atoms with van der Waals surface area (Å²) in [5, 5.41) is 17.6. The Labute approximate surface area is 217 Å². The quantitative estimate of drug-likeness (QED) is 0.349. The number of aromatic nitrogens is 2. The SMILES string of the molecule is N#CCC1(n2cc(C(N)=O)c(Nc3ccccc3)n2)CCN(Cc2ccc(-c3ccccc3)cc2)CC1. The number of rotatable bonds is 8. The maximum atomic E-state index is 12.2. The second-order valence-corrected chi connectivity index (χ2v) is 9.59. The lowest BCUT2D eigenvalue weighted by molar-refractivity contribution is 0.0967. The van der Waals surface area contributed by atoms with E-state index in [4.69, 9.17) is 10.8 Å². The third-order valence-electron chi connectivity index (χ3n) is 7.16. The Morgan fingerprint density at radius 1 is 0.946 bits per heavy atom. The van der Waals surface area contributed by atoms with E-state index in [0.717, 1.165) is 38.2 Å². The molecule has 7 nitrogen and oxygen atoms in total. The first kappa shape index (κ1) is 24.3. The Kier molecular flexibility index (Phi) is 7.02. The lowest BCUT2D eigenvalue weighted by Crippen LogP contribution is -2.46. The van der Waals surface area contributed by atoms with E-state index < -0.39 is 11.4 Å². The van der Waals surface area contributed by atoms with E-state index in [-0.39, 0.29) is 0 Å². The summed E-state index contributed by atoms with van der Waals surface area (Å²) >= 11 is 0. The molecule has 1 aliphatic heterocycles. The van der Waals surface area contributed by atoms with Gasteiger partial charge in [0.25, 0.3) is 5.91 Å². The topological polar surface area (TPSA) is 100.0 Å². The Balaban J connectivity index is 1.30. The van der Waals surface area contributed by atoms with Gasteiger partial charge in [-0.15, -0.1) is 0 Å². The molecule has 0 radical (unpaired) electrons. The van der Waals surface area contributed by atoms with Gasteiger partial charge in [-0.3, -0.25) is 14.4 Å². The summed E-state index contributed by atoms with van der Waals surface area (Å²) in [6.45, 7) is 2.51. The van der Waals surface area contributed by atoms with Crippen molar-refractivity contribution in [2.24, 2.45) is 5.73 Å². The van der Waals surface area contributed by atoms with Crippen LogP contribution in [0.1, 0.15) is 35.2 Å². The zero-order valence-corrected chi connectivity index (χ0v) is 20.7. The Morgan fingerprint density at radius 2 is 1.57 bits per heavy atom. The average molecular weight is 491 g/mol. The van der Waals surface area contributed by atoms with Gasteiger partial charge < -0.3 is 11.1 Å². The van der Waals surface area contributed by atoms with Crippen LogP contribution in [0, 0.1) is 11.3 Å². The monoisotopic (exact) mass is 490 g/mol. The van der Waals surface area contributed by atoms with Crippen molar-refractivity contribution in [1.82, 2.24) is 14.7 Å². The van der Waals surface area contributed by atoms with Crippen molar-refractivity contribution in [3.63, 3.8) is 0 Å². The number of para-hydroxylation sites is 1. The Hall–Kier alpha value is -4.41. The Morgan fingerprint density at radius 3 is 2.19 bits per heavy atom. The van der Waals surface area contributed by atoms with Crippen LogP contribution in [0.5, 0.6) is 0 Å². The summed E-state index contributed by atoms with van der Waals surface area (Å²) in [6, 6.07) is 31.0. The highest BCUT2D eigenvalue weighted by Gasteiger charge is 2.38. The molecule has 0 aliphatic carbocycles. The first-order valence-electron chi connectivity index (χ1n) is 12.5. The molecule has 7 heteroatoms. The molecule has 37 heavy (non-hydrogen) atoms. The number of nitriles is 1. The molecule has 5 rings (SSSR count). The van der Waals surface area contributed by atoms with Crippen LogP contribution in [-0.4, -0.2) is 33.7 Å². The summed E-state index contributed by atoms with van der Waals surface area (Å²) in [5.74, 6) is -0.134. The highest BCUT2D eigenvalue weighted by atomic mass is 16.1. The van der Waals surface area contributed by atoms with Crippen molar-refractivity contribution in [3.05, 3.63) is 102 Å². The third kappa shape index (κ3) is 5.40. The van der Waals surface area contributed by atoms with E-state index in [9.17, 15) is 10.1 Å². The molecule has 0 saturated carbocycles. The minimum absolute atomic E-state index is 0.317. The number of piperidine rings is 1. The maximum absolute atomic E-state index is 12.2. The molecular weight excluding hydrogens is 460 g/mol. The number of anilines is 2. The van der Waals surface area contributed by atoms with Crippen molar-refractivity contribution in [3.8, 4) is 17.2 Å². The molecule has 3 N–H and O–H groups in total. The fourth-order valence-corrected chi connectivity index (χ4v) is 5.00. The summed E-state index contributed by atoms with van der Waals surface area (Å²) in [5.41, 5.74) is 10.0.